The summed E-state index contributed by atoms with van der Waals surface area (Å²) < 4.78 is 6.27. The standard InChI is InChI=1S/C25H24BrN3O3/c1-17-12-13-23(21(26)14-17)32-16-25(31)29-28-18(2)15-24(30)27-22-11-7-6-10-20(22)19-8-4-3-5-9-19/h3-14H,15-16H2,1-2H3,(H,27,30)(H,29,31). The summed E-state index contributed by atoms with van der Waals surface area (Å²) in [4.78, 5) is 24.5. The maximum atomic E-state index is 12.5. The zero-order valence-corrected chi connectivity index (χ0v) is 19.5. The Morgan fingerprint density at radius 2 is 1.69 bits per heavy atom. The highest BCUT2D eigenvalue weighted by Crippen LogP contribution is 2.27. The van der Waals surface area contributed by atoms with Gasteiger partial charge in [-0.05, 0) is 59.1 Å². The molecule has 0 heterocycles. The Morgan fingerprint density at radius 1 is 0.969 bits per heavy atom. The molecule has 2 N–H and O–H groups in total. The van der Waals surface area contributed by atoms with Gasteiger partial charge in [-0.15, -0.1) is 0 Å². The summed E-state index contributed by atoms with van der Waals surface area (Å²) >= 11 is 3.40. The number of ether oxygens (including phenoxy) is 1. The van der Waals surface area contributed by atoms with Crippen LogP contribution in [0.15, 0.2) is 82.4 Å². The normalized spacial score (nSPS) is 11.0. The van der Waals surface area contributed by atoms with Gasteiger partial charge in [-0.1, -0.05) is 54.6 Å². The van der Waals surface area contributed by atoms with Gasteiger partial charge in [-0.25, -0.2) is 5.43 Å². The van der Waals surface area contributed by atoms with Gasteiger partial charge >= 0.3 is 0 Å². The summed E-state index contributed by atoms with van der Waals surface area (Å²) in [7, 11) is 0. The molecule has 164 valence electrons. The Bertz CT molecular complexity index is 1130. The fraction of sp³-hybridized carbons (Fsp3) is 0.160. The first kappa shape index (κ1) is 23.2. The van der Waals surface area contributed by atoms with Gasteiger partial charge in [-0.2, -0.15) is 5.10 Å². The fourth-order valence-electron chi connectivity index (χ4n) is 2.98. The molecular weight excluding hydrogens is 470 g/mol. The number of hydrogen-bond donors (Lipinski definition) is 2. The Hall–Kier alpha value is -3.45. The van der Waals surface area contributed by atoms with E-state index in [2.05, 4.69) is 31.8 Å². The van der Waals surface area contributed by atoms with Crippen molar-refractivity contribution in [2.75, 3.05) is 11.9 Å². The lowest BCUT2D eigenvalue weighted by atomic mass is 10.0. The van der Waals surface area contributed by atoms with E-state index in [9.17, 15) is 9.59 Å². The second-order valence-corrected chi connectivity index (χ2v) is 8.10. The molecule has 0 fully saturated rings. The number of aryl methyl sites for hydroxylation is 1. The Kier molecular flexibility index (Phi) is 8.16. The molecule has 0 saturated carbocycles. The molecule has 0 saturated heterocycles. The number of carbonyl (C=O) groups is 2. The van der Waals surface area contributed by atoms with E-state index in [1.54, 1.807) is 13.0 Å². The number of hydrazone groups is 1. The van der Waals surface area contributed by atoms with Crippen LogP contribution in [-0.2, 0) is 9.59 Å². The second kappa shape index (κ2) is 11.2. The van der Waals surface area contributed by atoms with Crippen molar-refractivity contribution >= 4 is 39.1 Å². The van der Waals surface area contributed by atoms with E-state index in [-0.39, 0.29) is 18.9 Å². The first-order chi connectivity index (χ1) is 15.4. The smallest absolute Gasteiger partial charge is 0.277 e. The molecule has 6 nitrogen and oxygen atoms in total. The predicted molar refractivity (Wildman–Crippen MR) is 131 cm³/mol. The van der Waals surface area contributed by atoms with Gasteiger partial charge in [0.2, 0.25) is 5.91 Å². The highest BCUT2D eigenvalue weighted by molar-refractivity contribution is 9.10. The maximum Gasteiger partial charge on any atom is 0.277 e. The molecule has 0 atom stereocenters. The van der Waals surface area contributed by atoms with Gasteiger partial charge in [0.05, 0.1) is 10.9 Å². The Morgan fingerprint density at radius 3 is 2.44 bits per heavy atom. The third kappa shape index (κ3) is 6.78. The molecule has 3 rings (SSSR count). The van der Waals surface area contributed by atoms with Crippen LogP contribution >= 0.6 is 15.9 Å². The van der Waals surface area contributed by atoms with E-state index in [4.69, 9.17) is 4.74 Å². The molecule has 7 heteroatoms. The second-order valence-electron chi connectivity index (χ2n) is 7.24. The van der Waals surface area contributed by atoms with Crippen LogP contribution < -0.4 is 15.5 Å². The summed E-state index contributed by atoms with van der Waals surface area (Å²) in [6.07, 6.45) is 0.0494. The molecule has 0 aliphatic carbocycles. The van der Waals surface area contributed by atoms with Crippen molar-refractivity contribution in [3.05, 3.63) is 82.8 Å². The van der Waals surface area contributed by atoms with Crippen molar-refractivity contribution in [1.82, 2.24) is 5.43 Å². The van der Waals surface area contributed by atoms with Gasteiger partial charge < -0.3 is 10.1 Å². The highest BCUT2D eigenvalue weighted by atomic mass is 79.9. The van der Waals surface area contributed by atoms with Crippen LogP contribution in [0.3, 0.4) is 0 Å². The number of nitrogens with one attached hydrogen (secondary N) is 2. The van der Waals surface area contributed by atoms with Gasteiger partial charge in [0.15, 0.2) is 6.61 Å². The predicted octanol–water partition coefficient (Wildman–Crippen LogP) is 5.32. The minimum absolute atomic E-state index is 0.0494. The number of benzene rings is 3. The van der Waals surface area contributed by atoms with E-state index < -0.39 is 5.91 Å². The average Bonchev–Trinajstić information content (AvgIpc) is 2.78. The third-order valence-electron chi connectivity index (χ3n) is 4.52. The van der Waals surface area contributed by atoms with Crippen molar-refractivity contribution in [1.29, 1.82) is 0 Å². The van der Waals surface area contributed by atoms with Crippen LogP contribution in [0.1, 0.15) is 18.9 Å². The molecule has 2 amide bonds. The molecule has 3 aromatic carbocycles. The van der Waals surface area contributed by atoms with Gasteiger partial charge in [0, 0.05) is 17.0 Å². The Balaban J connectivity index is 1.52. The van der Waals surface area contributed by atoms with Gasteiger partial charge in [-0.3, -0.25) is 9.59 Å². The molecule has 0 aliphatic heterocycles. The molecule has 0 aliphatic rings. The lowest BCUT2D eigenvalue weighted by molar-refractivity contribution is -0.123. The largest absolute Gasteiger partial charge is 0.483 e. The lowest BCUT2D eigenvalue weighted by Gasteiger charge is -2.11. The summed E-state index contributed by atoms with van der Waals surface area (Å²) in [5.41, 5.74) is 6.65. The van der Waals surface area contributed by atoms with Crippen molar-refractivity contribution in [3.8, 4) is 16.9 Å². The highest BCUT2D eigenvalue weighted by Gasteiger charge is 2.10. The molecule has 0 spiro atoms. The number of para-hydroxylation sites is 1. The quantitative estimate of drug-likeness (QED) is 0.329. The van der Waals surface area contributed by atoms with Crippen LogP contribution in [0.25, 0.3) is 11.1 Å². The summed E-state index contributed by atoms with van der Waals surface area (Å²) in [6.45, 7) is 3.46. The van der Waals surface area contributed by atoms with Crippen molar-refractivity contribution in [2.24, 2.45) is 5.10 Å². The van der Waals surface area contributed by atoms with Crippen molar-refractivity contribution in [2.45, 2.75) is 20.3 Å². The molecule has 0 aromatic heterocycles. The zero-order valence-electron chi connectivity index (χ0n) is 17.9. The lowest BCUT2D eigenvalue weighted by Crippen LogP contribution is -2.26. The molecular formula is C25H24BrN3O3. The monoisotopic (exact) mass is 493 g/mol. The van der Waals surface area contributed by atoms with E-state index in [1.807, 2.05) is 73.7 Å². The fourth-order valence-corrected chi connectivity index (χ4v) is 3.59. The van der Waals surface area contributed by atoms with Crippen LogP contribution in [0, 0.1) is 6.92 Å². The summed E-state index contributed by atoms with van der Waals surface area (Å²) in [6, 6.07) is 23.0. The van der Waals surface area contributed by atoms with E-state index in [0.717, 1.165) is 26.9 Å². The number of hydrogen-bond acceptors (Lipinski definition) is 4. The number of carbonyl (C=O) groups excluding carboxylic acids is 2. The summed E-state index contributed by atoms with van der Waals surface area (Å²) in [5.74, 6) is -0.0571. The minimum Gasteiger partial charge on any atom is -0.483 e. The topological polar surface area (TPSA) is 79.8 Å². The van der Waals surface area contributed by atoms with Gasteiger partial charge in [0.1, 0.15) is 5.75 Å². The number of halogens is 1. The Labute approximate surface area is 195 Å². The first-order valence-corrected chi connectivity index (χ1v) is 10.9. The number of amides is 2. The first-order valence-electron chi connectivity index (χ1n) is 10.1. The SMILES string of the molecule is CC(CC(=O)Nc1ccccc1-c1ccccc1)=NNC(=O)COc1ccc(C)cc1Br. The summed E-state index contributed by atoms with van der Waals surface area (Å²) in [5, 5.41) is 6.92. The van der Waals surface area contributed by atoms with Crippen LogP contribution in [0.5, 0.6) is 5.75 Å². The van der Waals surface area contributed by atoms with E-state index in [0.29, 0.717) is 11.5 Å². The minimum atomic E-state index is -0.411. The van der Waals surface area contributed by atoms with E-state index >= 15 is 0 Å². The van der Waals surface area contributed by atoms with Crippen molar-refractivity contribution < 1.29 is 14.3 Å². The third-order valence-corrected chi connectivity index (χ3v) is 5.14. The van der Waals surface area contributed by atoms with Gasteiger partial charge in [0.25, 0.3) is 5.91 Å². The van der Waals surface area contributed by atoms with Crippen LogP contribution in [-0.4, -0.2) is 24.1 Å². The average molecular weight is 494 g/mol. The van der Waals surface area contributed by atoms with Crippen LogP contribution in [0.4, 0.5) is 5.69 Å². The maximum absolute atomic E-state index is 12.5. The number of rotatable bonds is 8. The van der Waals surface area contributed by atoms with Crippen molar-refractivity contribution in [3.63, 3.8) is 0 Å². The van der Waals surface area contributed by atoms with Crippen LogP contribution in [0.2, 0.25) is 0 Å². The molecule has 0 bridgehead atoms. The van der Waals surface area contributed by atoms with E-state index in [1.165, 1.54) is 0 Å². The number of nitrogens with zero attached hydrogens (tertiary/aromatic N) is 1. The number of anilines is 1. The molecule has 32 heavy (non-hydrogen) atoms. The molecule has 3 aromatic rings. The molecule has 0 unspecified atom stereocenters. The zero-order chi connectivity index (χ0) is 22.9. The molecule has 0 radical (unpaired) electrons.